The van der Waals surface area contributed by atoms with Crippen LogP contribution >= 0.6 is 0 Å². The Morgan fingerprint density at radius 1 is 1.05 bits per heavy atom. The van der Waals surface area contributed by atoms with Crippen molar-refractivity contribution in [3.05, 3.63) is 65.5 Å². The molecule has 3 N–H and O–H groups in total. The molecule has 0 radical (unpaired) electrons. The lowest BCUT2D eigenvalue weighted by atomic mass is 9.96. The Hall–Kier alpha value is -2.46. The standard InChI is InChI=1S/C16H15N3O/c1-10-6-8-19-16(17)14(10)15(20)12-7-9-18-13-5-3-2-4-11(12)13/h2-9,15,20H,1H3,(H2,17,19). The van der Waals surface area contributed by atoms with Crippen LogP contribution in [0.3, 0.4) is 0 Å². The normalized spacial score (nSPS) is 12.5. The van der Waals surface area contributed by atoms with Crippen LogP contribution in [-0.4, -0.2) is 15.1 Å². The Kier molecular flexibility index (Phi) is 3.08. The second-order valence-corrected chi connectivity index (χ2v) is 4.75. The van der Waals surface area contributed by atoms with Crippen LogP contribution in [0.2, 0.25) is 0 Å². The molecule has 0 amide bonds. The third-order valence-electron chi connectivity index (χ3n) is 3.49. The van der Waals surface area contributed by atoms with Gasteiger partial charge in [-0.05, 0) is 36.2 Å². The molecule has 3 aromatic rings. The lowest BCUT2D eigenvalue weighted by Gasteiger charge is -2.17. The molecule has 0 aliphatic carbocycles. The van der Waals surface area contributed by atoms with Crippen molar-refractivity contribution in [1.82, 2.24) is 9.97 Å². The van der Waals surface area contributed by atoms with Gasteiger partial charge in [0, 0.05) is 23.3 Å². The van der Waals surface area contributed by atoms with Gasteiger partial charge in [0.15, 0.2) is 0 Å². The number of aromatic nitrogens is 2. The molecular weight excluding hydrogens is 250 g/mol. The number of anilines is 1. The minimum atomic E-state index is -0.809. The summed E-state index contributed by atoms with van der Waals surface area (Å²) in [6.45, 7) is 1.92. The number of nitrogen functional groups attached to an aromatic ring is 1. The molecule has 2 heterocycles. The quantitative estimate of drug-likeness (QED) is 0.747. The zero-order valence-electron chi connectivity index (χ0n) is 11.1. The van der Waals surface area contributed by atoms with Gasteiger partial charge in [-0.25, -0.2) is 4.98 Å². The van der Waals surface area contributed by atoms with E-state index >= 15 is 0 Å². The van der Waals surface area contributed by atoms with E-state index in [0.717, 1.165) is 22.0 Å². The molecule has 1 atom stereocenters. The molecule has 100 valence electrons. The summed E-state index contributed by atoms with van der Waals surface area (Å²) in [5.41, 5.74) is 9.14. The number of aliphatic hydroxyl groups is 1. The number of nitrogens with zero attached hydrogens (tertiary/aromatic N) is 2. The van der Waals surface area contributed by atoms with Crippen molar-refractivity contribution in [1.29, 1.82) is 0 Å². The maximum atomic E-state index is 10.7. The number of aryl methyl sites for hydroxylation is 1. The summed E-state index contributed by atoms with van der Waals surface area (Å²) in [7, 11) is 0. The van der Waals surface area contributed by atoms with E-state index in [-0.39, 0.29) is 0 Å². The van der Waals surface area contributed by atoms with Crippen LogP contribution < -0.4 is 5.73 Å². The molecule has 2 aromatic heterocycles. The maximum Gasteiger partial charge on any atom is 0.129 e. The fraction of sp³-hybridized carbons (Fsp3) is 0.125. The fourth-order valence-electron chi connectivity index (χ4n) is 2.46. The van der Waals surface area contributed by atoms with E-state index in [0.29, 0.717) is 11.4 Å². The predicted molar refractivity (Wildman–Crippen MR) is 79.2 cm³/mol. The van der Waals surface area contributed by atoms with Crippen LogP contribution in [0.1, 0.15) is 22.8 Å². The lowest BCUT2D eigenvalue weighted by Crippen LogP contribution is -2.08. The SMILES string of the molecule is Cc1ccnc(N)c1C(O)c1ccnc2ccccc12. The van der Waals surface area contributed by atoms with Crippen LogP contribution in [-0.2, 0) is 0 Å². The maximum absolute atomic E-state index is 10.7. The molecule has 0 fully saturated rings. The Morgan fingerprint density at radius 3 is 2.60 bits per heavy atom. The Labute approximate surface area is 116 Å². The van der Waals surface area contributed by atoms with Gasteiger partial charge < -0.3 is 10.8 Å². The monoisotopic (exact) mass is 265 g/mol. The van der Waals surface area contributed by atoms with Crippen molar-refractivity contribution < 1.29 is 5.11 Å². The van der Waals surface area contributed by atoms with Crippen molar-refractivity contribution in [3.8, 4) is 0 Å². The number of benzene rings is 1. The smallest absolute Gasteiger partial charge is 0.129 e. The van der Waals surface area contributed by atoms with Gasteiger partial charge in [-0.1, -0.05) is 18.2 Å². The first kappa shape index (κ1) is 12.6. The molecule has 4 heteroatoms. The highest BCUT2D eigenvalue weighted by molar-refractivity contribution is 5.82. The second-order valence-electron chi connectivity index (χ2n) is 4.75. The van der Waals surface area contributed by atoms with Crippen molar-refractivity contribution in [3.63, 3.8) is 0 Å². The van der Waals surface area contributed by atoms with Gasteiger partial charge in [-0.15, -0.1) is 0 Å². The number of aliphatic hydroxyl groups excluding tert-OH is 1. The molecule has 1 aromatic carbocycles. The average molecular weight is 265 g/mol. The van der Waals surface area contributed by atoms with E-state index in [1.54, 1.807) is 12.4 Å². The number of fused-ring (bicyclic) bond motifs is 1. The van der Waals surface area contributed by atoms with E-state index in [1.165, 1.54) is 0 Å². The highest BCUT2D eigenvalue weighted by Crippen LogP contribution is 2.31. The largest absolute Gasteiger partial charge is 0.383 e. The summed E-state index contributed by atoms with van der Waals surface area (Å²) in [5.74, 6) is 0.360. The first-order valence-electron chi connectivity index (χ1n) is 6.41. The third kappa shape index (κ3) is 2.00. The number of para-hydroxylation sites is 1. The van der Waals surface area contributed by atoms with E-state index in [2.05, 4.69) is 9.97 Å². The average Bonchev–Trinajstić information content (AvgIpc) is 2.46. The van der Waals surface area contributed by atoms with Gasteiger partial charge in [0.1, 0.15) is 11.9 Å². The van der Waals surface area contributed by atoms with Crippen molar-refractivity contribution in [2.75, 3.05) is 5.73 Å². The molecule has 0 saturated heterocycles. The molecule has 0 bridgehead atoms. The molecule has 0 saturated carbocycles. The minimum Gasteiger partial charge on any atom is -0.383 e. The topological polar surface area (TPSA) is 72.0 Å². The third-order valence-corrected chi connectivity index (χ3v) is 3.49. The van der Waals surface area contributed by atoms with Gasteiger partial charge in [0.25, 0.3) is 0 Å². The van der Waals surface area contributed by atoms with Crippen LogP contribution in [0.4, 0.5) is 5.82 Å². The lowest BCUT2D eigenvalue weighted by molar-refractivity contribution is 0.221. The van der Waals surface area contributed by atoms with Crippen molar-refractivity contribution in [2.24, 2.45) is 0 Å². The minimum absolute atomic E-state index is 0.360. The van der Waals surface area contributed by atoms with Gasteiger partial charge in [0.2, 0.25) is 0 Å². The zero-order valence-corrected chi connectivity index (χ0v) is 11.1. The molecule has 0 aliphatic heterocycles. The first-order chi connectivity index (χ1) is 9.68. The summed E-state index contributed by atoms with van der Waals surface area (Å²) in [6.07, 6.45) is 2.53. The number of pyridine rings is 2. The van der Waals surface area contributed by atoms with E-state index in [4.69, 9.17) is 5.73 Å². The highest BCUT2D eigenvalue weighted by atomic mass is 16.3. The summed E-state index contributed by atoms with van der Waals surface area (Å²) >= 11 is 0. The summed E-state index contributed by atoms with van der Waals surface area (Å²) in [6, 6.07) is 11.4. The molecule has 4 nitrogen and oxygen atoms in total. The van der Waals surface area contributed by atoms with E-state index in [1.807, 2.05) is 43.3 Å². The van der Waals surface area contributed by atoms with Gasteiger partial charge >= 0.3 is 0 Å². The van der Waals surface area contributed by atoms with Crippen molar-refractivity contribution in [2.45, 2.75) is 13.0 Å². The summed E-state index contributed by atoms with van der Waals surface area (Å²) in [5, 5.41) is 11.6. The molecule has 20 heavy (non-hydrogen) atoms. The molecule has 3 rings (SSSR count). The Morgan fingerprint density at radius 2 is 1.80 bits per heavy atom. The molecule has 0 spiro atoms. The molecule has 1 unspecified atom stereocenters. The Balaban J connectivity index is 2.21. The van der Waals surface area contributed by atoms with Gasteiger partial charge in [-0.3, -0.25) is 4.98 Å². The second kappa shape index (κ2) is 4.90. The summed E-state index contributed by atoms with van der Waals surface area (Å²) < 4.78 is 0. The fourth-order valence-corrected chi connectivity index (χ4v) is 2.46. The van der Waals surface area contributed by atoms with E-state index < -0.39 is 6.10 Å². The molecular formula is C16H15N3O. The number of hydrogen-bond acceptors (Lipinski definition) is 4. The van der Waals surface area contributed by atoms with Gasteiger partial charge in [-0.2, -0.15) is 0 Å². The Bertz CT molecular complexity index is 745. The molecule has 0 aliphatic rings. The van der Waals surface area contributed by atoms with Crippen LogP contribution in [0.25, 0.3) is 10.9 Å². The first-order valence-corrected chi connectivity index (χ1v) is 6.41. The predicted octanol–water partition coefficient (Wildman–Crippen LogP) is 2.60. The van der Waals surface area contributed by atoms with Crippen LogP contribution in [0, 0.1) is 6.92 Å². The van der Waals surface area contributed by atoms with Crippen LogP contribution in [0.5, 0.6) is 0 Å². The zero-order chi connectivity index (χ0) is 14.1. The summed E-state index contributed by atoms with van der Waals surface area (Å²) in [4.78, 5) is 8.37. The van der Waals surface area contributed by atoms with Crippen molar-refractivity contribution >= 4 is 16.7 Å². The van der Waals surface area contributed by atoms with E-state index in [9.17, 15) is 5.11 Å². The number of rotatable bonds is 2. The number of hydrogen-bond donors (Lipinski definition) is 2. The highest BCUT2D eigenvalue weighted by Gasteiger charge is 2.18. The number of nitrogens with two attached hydrogens (primary N) is 1. The van der Waals surface area contributed by atoms with Gasteiger partial charge in [0.05, 0.1) is 5.52 Å². The van der Waals surface area contributed by atoms with Crippen LogP contribution in [0.15, 0.2) is 48.8 Å².